The molecule has 0 aliphatic rings. The maximum Gasteiger partial charge on any atom is 0.258 e. The predicted molar refractivity (Wildman–Crippen MR) is 90.0 cm³/mol. The van der Waals surface area contributed by atoms with Crippen molar-refractivity contribution in [3.05, 3.63) is 54.1 Å². The first-order valence-corrected chi connectivity index (χ1v) is 7.44. The molecule has 2 aromatic rings. The van der Waals surface area contributed by atoms with E-state index in [0.29, 0.717) is 5.75 Å². The van der Waals surface area contributed by atoms with E-state index >= 15 is 0 Å². The molecule has 0 fully saturated rings. The molecule has 1 N–H and O–H groups in total. The van der Waals surface area contributed by atoms with Crippen LogP contribution in [-0.2, 0) is 4.79 Å². The third-order valence-corrected chi connectivity index (χ3v) is 3.12. The van der Waals surface area contributed by atoms with Crippen molar-refractivity contribution in [1.82, 2.24) is 5.32 Å². The van der Waals surface area contributed by atoms with Gasteiger partial charge in [0.25, 0.3) is 5.91 Å². The van der Waals surface area contributed by atoms with E-state index in [1.165, 1.54) is 11.1 Å². The molecule has 3 heteroatoms. The van der Waals surface area contributed by atoms with Crippen LogP contribution < -0.4 is 10.1 Å². The average molecular weight is 297 g/mol. The summed E-state index contributed by atoms with van der Waals surface area (Å²) in [5.41, 5.74) is 3.30. The summed E-state index contributed by atoms with van der Waals surface area (Å²) in [4.78, 5) is 11.7. The number of ether oxygens (including phenoxy) is 1. The van der Waals surface area contributed by atoms with Gasteiger partial charge in [0.05, 0.1) is 0 Å². The van der Waals surface area contributed by atoms with Crippen molar-refractivity contribution in [2.45, 2.75) is 33.2 Å². The lowest BCUT2D eigenvalue weighted by Crippen LogP contribution is -2.43. The number of hydrogen-bond donors (Lipinski definition) is 1. The molecule has 116 valence electrons. The molecule has 3 nitrogen and oxygen atoms in total. The Labute approximate surface area is 132 Å². The normalized spacial score (nSPS) is 11.1. The zero-order chi connectivity index (χ0) is 16.2. The topological polar surface area (TPSA) is 38.3 Å². The Hall–Kier alpha value is -2.29. The van der Waals surface area contributed by atoms with Crippen molar-refractivity contribution in [2.24, 2.45) is 0 Å². The minimum atomic E-state index is -0.240. The Bertz CT molecular complexity index is 622. The monoisotopic (exact) mass is 297 g/mol. The molecule has 0 heterocycles. The van der Waals surface area contributed by atoms with Crippen LogP contribution in [0.1, 0.15) is 26.3 Å². The van der Waals surface area contributed by atoms with E-state index in [0.717, 1.165) is 5.56 Å². The summed E-state index contributed by atoms with van der Waals surface area (Å²) in [6.45, 7) is 7.94. The zero-order valence-corrected chi connectivity index (χ0v) is 13.6. The second-order valence-electron chi connectivity index (χ2n) is 6.48. The molecule has 1 amide bonds. The van der Waals surface area contributed by atoms with Gasteiger partial charge in [0.15, 0.2) is 6.61 Å². The smallest absolute Gasteiger partial charge is 0.258 e. The number of carbonyl (C=O) groups is 1. The highest BCUT2D eigenvalue weighted by atomic mass is 16.5. The van der Waals surface area contributed by atoms with Crippen LogP contribution >= 0.6 is 0 Å². The lowest BCUT2D eigenvalue weighted by atomic mass is 10.0. The number of hydrogen-bond acceptors (Lipinski definition) is 2. The van der Waals surface area contributed by atoms with Crippen molar-refractivity contribution >= 4 is 5.91 Å². The molecular weight excluding hydrogens is 274 g/mol. The van der Waals surface area contributed by atoms with Gasteiger partial charge >= 0.3 is 0 Å². The van der Waals surface area contributed by atoms with E-state index in [-0.39, 0.29) is 18.1 Å². The van der Waals surface area contributed by atoms with Gasteiger partial charge in [0.1, 0.15) is 5.75 Å². The molecule has 0 aliphatic carbocycles. The molecule has 0 aliphatic heterocycles. The molecule has 0 radical (unpaired) electrons. The molecule has 0 saturated heterocycles. The van der Waals surface area contributed by atoms with Crippen LogP contribution in [0.4, 0.5) is 0 Å². The van der Waals surface area contributed by atoms with Crippen LogP contribution in [0.15, 0.2) is 48.5 Å². The highest BCUT2D eigenvalue weighted by molar-refractivity contribution is 5.78. The quantitative estimate of drug-likeness (QED) is 0.927. The first kappa shape index (κ1) is 16.1. The van der Waals surface area contributed by atoms with Crippen LogP contribution in [0, 0.1) is 6.92 Å². The summed E-state index contributed by atoms with van der Waals surface area (Å²) in [7, 11) is 0. The summed E-state index contributed by atoms with van der Waals surface area (Å²) in [6.07, 6.45) is 0. The van der Waals surface area contributed by atoms with Crippen LogP contribution in [0.25, 0.3) is 11.1 Å². The average Bonchev–Trinajstić information content (AvgIpc) is 2.45. The highest BCUT2D eigenvalue weighted by Gasteiger charge is 2.13. The predicted octanol–water partition coefficient (Wildman–Crippen LogP) is 3.96. The van der Waals surface area contributed by atoms with E-state index in [1.54, 1.807) is 0 Å². The maximum absolute atomic E-state index is 11.7. The van der Waals surface area contributed by atoms with Crippen LogP contribution in [-0.4, -0.2) is 18.1 Å². The minimum absolute atomic E-state index is 0.0289. The third kappa shape index (κ3) is 4.92. The summed E-state index contributed by atoms with van der Waals surface area (Å²) in [5.74, 6) is 0.579. The van der Waals surface area contributed by atoms with Gasteiger partial charge in [-0.25, -0.2) is 0 Å². The largest absolute Gasteiger partial charge is 0.484 e. The minimum Gasteiger partial charge on any atom is -0.484 e. The van der Waals surface area contributed by atoms with Gasteiger partial charge in [-0.3, -0.25) is 4.79 Å². The fraction of sp³-hybridized carbons (Fsp3) is 0.316. The molecule has 0 unspecified atom stereocenters. The van der Waals surface area contributed by atoms with Gasteiger partial charge < -0.3 is 10.1 Å². The fourth-order valence-electron chi connectivity index (χ4n) is 2.09. The summed E-state index contributed by atoms with van der Waals surface area (Å²) >= 11 is 0. The van der Waals surface area contributed by atoms with Gasteiger partial charge in [0, 0.05) is 5.54 Å². The SMILES string of the molecule is Cc1ccc(-c2ccc(OCC(=O)NC(C)(C)C)cc2)cc1. The van der Waals surface area contributed by atoms with E-state index in [1.807, 2.05) is 45.0 Å². The third-order valence-electron chi connectivity index (χ3n) is 3.12. The number of amides is 1. The standard InChI is InChI=1S/C19H23NO2/c1-14-5-7-15(8-6-14)16-9-11-17(12-10-16)22-13-18(21)20-19(2,3)4/h5-12H,13H2,1-4H3,(H,20,21). The molecular formula is C19H23NO2. The summed E-state index contributed by atoms with van der Waals surface area (Å²) in [6, 6.07) is 16.2. The van der Waals surface area contributed by atoms with E-state index < -0.39 is 0 Å². The number of benzene rings is 2. The number of carbonyl (C=O) groups excluding carboxylic acids is 1. The van der Waals surface area contributed by atoms with Crippen molar-refractivity contribution in [1.29, 1.82) is 0 Å². The van der Waals surface area contributed by atoms with Crippen molar-refractivity contribution < 1.29 is 9.53 Å². The second-order valence-corrected chi connectivity index (χ2v) is 6.48. The highest BCUT2D eigenvalue weighted by Crippen LogP contribution is 2.22. The molecule has 0 atom stereocenters. The molecule has 0 bridgehead atoms. The van der Waals surface area contributed by atoms with Crippen molar-refractivity contribution in [3.63, 3.8) is 0 Å². The van der Waals surface area contributed by atoms with Gasteiger partial charge in [-0.05, 0) is 51.0 Å². The second kappa shape index (κ2) is 6.65. The van der Waals surface area contributed by atoms with Crippen molar-refractivity contribution in [2.75, 3.05) is 6.61 Å². The lowest BCUT2D eigenvalue weighted by molar-refractivity contribution is -0.124. The van der Waals surface area contributed by atoms with Gasteiger partial charge in [-0.1, -0.05) is 42.0 Å². The van der Waals surface area contributed by atoms with E-state index in [9.17, 15) is 4.79 Å². The van der Waals surface area contributed by atoms with E-state index in [4.69, 9.17) is 4.74 Å². The first-order chi connectivity index (χ1) is 10.3. The number of nitrogens with one attached hydrogen (secondary N) is 1. The lowest BCUT2D eigenvalue weighted by Gasteiger charge is -2.20. The Kier molecular flexibility index (Phi) is 4.86. The first-order valence-electron chi connectivity index (χ1n) is 7.44. The number of aryl methyl sites for hydroxylation is 1. The molecule has 0 saturated carbocycles. The Morgan fingerprint density at radius 3 is 1.95 bits per heavy atom. The number of rotatable bonds is 4. The molecule has 0 aromatic heterocycles. The Morgan fingerprint density at radius 1 is 0.955 bits per heavy atom. The fourth-order valence-corrected chi connectivity index (χ4v) is 2.09. The van der Waals surface area contributed by atoms with Crippen LogP contribution in [0.2, 0.25) is 0 Å². The van der Waals surface area contributed by atoms with Gasteiger partial charge in [-0.2, -0.15) is 0 Å². The van der Waals surface area contributed by atoms with Crippen LogP contribution in [0.5, 0.6) is 5.75 Å². The van der Waals surface area contributed by atoms with Crippen LogP contribution in [0.3, 0.4) is 0 Å². The van der Waals surface area contributed by atoms with Gasteiger partial charge in [0.2, 0.25) is 0 Å². The Balaban J connectivity index is 1.95. The Morgan fingerprint density at radius 2 is 1.45 bits per heavy atom. The molecule has 2 aromatic carbocycles. The molecule has 22 heavy (non-hydrogen) atoms. The molecule has 2 rings (SSSR count). The van der Waals surface area contributed by atoms with Crippen molar-refractivity contribution in [3.8, 4) is 16.9 Å². The van der Waals surface area contributed by atoms with E-state index in [2.05, 4.69) is 36.5 Å². The molecule has 0 spiro atoms. The zero-order valence-electron chi connectivity index (χ0n) is 13.6. The maximum atomic E-state index is 11.7. The summed E-state index contributed by atoms with van der Waals surface area (Å²) in [5, 5.41) is 2.87. The van der Waals surface area contributed by atoms with Gasteiger partial charge in [-0.15, -0.1) is 0 Å². The summed E-state index contributed by atoms with van der Waals surface area (Å²) < 4.78 is 5.51.